The molecule has 8 nitrogen and oxygen atoms in total. The number of hydrogen-bond acceptors (Lipinski definition) is 6. The fourth-order valence-corrected chi connectivity index (χ4v) is 3.06. The Morgan fingerprint density at radius 2 is 2.04 bits per heavy atom. The van der Waals surface area contributed by atoms with Crippen LogP contribution in [0.4, 0.5) is 4.39 Å². The summed E-state index contributed by atoms with van der Waals surface area (Å²) in [5.74, 6) is -2.19. The Kier molecular flexibility index (Phi) is 5.64. The van der Waals surface area contributed by atoms with Gasteiger partial charge in [-0.3, -0.25) is 14.2 Å². The molecule has 1 saturated heterocycles. The predicted molar refractivity (Wildman–Crippen MR) is 92.1 cm³/mol. The highest BCUT2D eigenvalue weighted by atomic mass is 19.1. The summed E-state index contributed by atoms with van der Waals surface area (Å²) in [7, 11) is 0. The summed E-state index contributed by atoms with van der Waals surface area (Å²) in [6.07, 6.45) is -1.29. The highest BCUT2D eigenvalue weighted by Gasteiger charge is 2.37. The number of ether oxygens (including phenoxy) is 2. The van der Waals surface area contributed by atoms with E-state index in [9.17, 15) is 23.9 Å². The number of aliphatic hydroxyl groups is 1. The fraction of sp³-hybridized carbons (Fsp3) is 0.389. The first-order valence-electron chi connectivity index (χ1n) is 8.49. The van der Waals surface area contributed by atoms with Gasteiger partial charge < -0.3 is 14.6 Å². The number of aromatic nitrogens is 2. The molecule has 0 saturated carbocycles. The predicted octanol–water partition coefficient (Wildman–Crippen LogP) is 0.522. The van der Waals surface area contributed by atoms with Crippen LogP contribution in [0.25, 0.3) is 0 Å². The second kappa shape index (κ2) is 7.95. The summed E-state index contributed by atoms with van der Waals surface area (Å²) in [4.78, 5) is 37.4. The lowest BCUT2D eigenvalue weighted by atomic mass is 10.2. The number of benzene rings is 1. The zero-order chi connectivity index (χ0) is 19.6. The molecule has 1 unspecified atom stereocenters. The van der Waals surface area contributed by atoms with Crippen LogP contribution >= 0.6 is 0 Å². The molecule has 0 bridgehead atoms. The fourth-order valence-electron chi connectivity index (χ4n) is 3.06. The van der Waals surface area contributed by atoms with Gasteiger partial charge in [0, 0.05) is 18.6 Å². The lowest BCUT2D eigenvalue weighted by Gasteiger charge is -2.16. The van der Waals surface area contributed by atoms with Gasteiger partial charge in [0.25, 0.3) is 11.5 Å². The van der Waals surface area contributed by atoms with Crippen molar-refractivity contribution in [2.75, 3.05) is 13.2 Å². The van der Waals surface area contributed by atoms with Crippen LogP contribution in [-0.4, -0.2) is 45.6 Å². The lowest BCUT2D eigenvalue weighted by Crippen LogP contribution is -2.46. The van der Waals surface area contributed by atoms with E-state index in [1.807, 2.05) is 0 Å². The number of carbonyl (C=O) groups is 1. The van der Waals surface area contributed by atoms with E-state index >= 15 is 0 Å². The molecule has 1 N–H and O–H groups in total. The number of hydrogen-bond donors (Lipinski definition) is 1. The number of aliphatic hydroxyl groups excluding tert-OH is 1. The molecule has 2 heterocycles. The molecule has 27 heavy (non-hydrogen) atoms. The summed E-state index contributed by atoms with van der Waals surface area (Å²) in [6, 6.07) is 7.63. The lowest BCUT2D eigenvalue weighted by molar-refractivity contribution is -0.0607. The van der Waals surface area contributed by atoms with Crippen LogP contribution in [0.5, 0.6) is 0 Å². The minimum atomic E-state index is -1.33. The Bertz CT molecular complexity index is 939. The third-order valence-electron chi connectivity index (χ3n) is 4.35. The zero-order valence-corrected chi connectivity index (χ0v) is 14.6. The van der Waals surface area contributed by atoms with Gasteiger partial charge in [0.2, 0.25) is 5.82 Å². The molecule has 144 valence electrons. The average Bonchev–Trinajstić information content (AvgIpc) is 3.08. The van der Waals surface area contributed by atoms with Gasteiger partial charge in [0.1, 0.15) is 12.3 Å². The van der Waals surface area contributed by atoms with Gasteiger partial charge in [-0.05, 0) is 19.1 Å². The Morgan fingerprint density at radius 1 is 1.33 bits per heavy atom. The molecule has 0 amide bonds. The van der Waals surface area contributed by atoms with Gasteiger partial charge in [0.05, 0.1) is 18.9 Å². The maximum Gasteiger partial charge on any atom is 0.340 e. The minimum absolute atomic E-state index is 0.0709. The Balaban J connectivity index is 2.04. The molecule has 1 aliphatic heterocycles. The van der Waals surface area contributed by atoms with Crippen LogP contribution in [0.1, 0.15) is 29.9 Å². The molecule has 1 aromatic carbocycles. The van der Waals surface area contributed by atoms with Crippen LogP contribution < -0.4 is 11.2 Å². The van der Waals surface area contributed by atoms with E-state index in [1.54, 1.807) is 25.1 Å². The van der Waals surface area contributed by atoms with E-state index in [2.05, 4.69) is 0 Å². The monoisotopic (exact) mass is 378 g/mol. The van der Waals surface area contributed by atoms with E-state index in [0.717, 1.165) is 4.57 Å². The minimum Gasteiger partial charge on any atom is -0.394 e. The molecule has 0 spiro atoms. The quantitative estimate of drug-likeness (QED) is 0.814. The topological polar surface area (TPSA) is 99.8 Å². The first-order valence-corrected chi connectivity index (χ1v) is 8.49. The molecule has 2 aromatic rings. The van der Waals surface area contributed by atoms with Crippen molar-refractivity contribution >= 4 is 5.91 Å². The molecule has 1 aromatic heterocycles. The smallest absolute Gasteiger partial charge is 0.340 e. The number of rotatable bonds is 5. The Hall–Kier alpha value is -2.62. The number of nitrogens with zero attached hydrogens (tertiary/aromatic N) is 2. The van der Waals surface area contributed by atoms with Gasteiger partial charge in [-0.15, -0.1) is 0 Å². The third-order valence-corrected chi connectivity index (χ3v) is 4.35. The molecule has 1 aliphatic rings. The van der Waals surface area contributed by atoms with E-state index < -0.39 is 41.4 Å². The first kappa shape index (κ1) is 19.2. The summed E-state index contributed by atoms with van der Waals surface area (Å²) < 4.78 is 26.3. The van der Waals surface area contributed by atoms with E-state index in [4.69, 9.17) is 9.47 Å². The van der Waals surface area contributed by atoms with E-state index in [1.165, 1.54) is 12.1 Å². The van der Waals surface area contributed by atoms with Crippen molar-refractivity contribution in [2.24, 2.45) is 0 Å². The van der Waals surface area contributed by atoms with Crippen molar-refractivity contribution in [3.05, 3.63) is 68.7 Å². The summed E-state index contributed by atoms with van der Waals surface area (Å²) in [5, 5.41) is 9.41. The van der Waals surface area contributed by atoms with Gasteiger partial charge in [-0.2, -0.15) is 8.96 Å². The van der Waals surface area contributed by atoms with Gasteiger partial charge in [-0.1, -0.05) is 18.2 Å². The molecular formula is C18H19FN2O6. The van der Waals surface area contributed by atoms with Crippen LogP contribution in [0.15, 0.2) is 46.1 Å². The highest BCUT2D eigenvalue weighted by Crippen LogP contribution is 2.29. The maximum atomic E-state index is 14.2. The molecule has 0 aliphatic carbocycles. The van der Waals surface area contributed by atoms with Crippen molar-refractivity contribution in [1.29, 1.82) is 0 Å². The van der Waals surface area contributed by atoms with Crippen molar-refractivity contribution in [3.8, 4) is 0 Å². The van der Waals surface area contributed by atoms with Gasteiger partial charge in [-0.25, -0.2) is 4.79 Å². The second-order valence-electron chi connectivity index (χ2n) is 6.02. The zero-order valence-electron chi connectivity index (χ0n) is 14.6. The average molecular weight is 378 g/mol. The standard InChI is InChI=1S/C18H19FN2O6/c1-2-26-13-8-15(27-14(13)10-22)20-9-12(19)17(24)21(18(20)25)16(23)11-6-4-3-5-7-11/h3-7,9,13-15,22H,2,8,10H2,1H3/t13?,14-,15-/m0/s1. The second-order valence-corrected chi connectivity index (χ2v) is 6.02. The van der Waals surface area contributed by atoms with Gasteiger partial charge in [0.15, 0.2) is 0 Å². The molecule has 9 heteroatoms. The normalized spacial score (nSPS) is 22.1. The first-order chi connectivity index (χ1) is 13.0. The number of halogens is 1. The summed E-state index contributed by atoms with van der Waals surface area (Å²) >= 11 is 0. The van der Waals surface area contributed by atoms with Gasteiger partial charge >= 0.3 is 5.69 Å². The Labute approximate surface area is 153 Å². The van der Waals surface area contributed by atoms with Crippen molar-refractivity contribution < 1.29 is 23.8 Å². The van der Waals surface area contributed by atoms with Crippen LogP contribution in [0, 0.1) is 5.82 Å². The van der Waals surface area contributed by atoms with Crippen molar-refractivity contribution in [3.63, 3.8) is 0 Å². The molecular weight excluding hydrogens is 359 g/mol. The molecule has 0 radical (unpaired) electrons. The van der Waals surface area contributed by atoms with Crippen LogP contribution in [0.2, 0.25) is 0 Å². The number of carbonyl (C=O) groups excluding carboxylic acids is 1. The summed E-state index contributed by atoms with van der Waals surface area (Å²) in [5.41, 5.74) is -2.28. The van der Waals surface area contributed by atoms with Crippen molar-refractivity contribution in [2.45, 2.75) is 31.8 Å². The largest absolute Gasteiger partial charge is 0.394 e. The Morgan fingerprint density at radius 3 is 2.67 bits per heavy atom. The van der Waals surface area contributed by atoms with Crippen LogP contribution in [0.3, 0.4) is 0 Å². The third kappa shape index (κ3) is 3.61. The summed E-state index contributed by atoms with van der Waals surface area (Å²) in [6.45, 7) is 1.79. The molecule has 3 rings (SSSR count). The molecule has 1 fully saturated rings. The SMILES string of the molecule is CCOC1C[C@@H](n2cc(F)c(=O)n(C(=O)c3ccccc3)c2=O)O[C@H]1CO. The van der Waals surface area contributed by atoms with E-state index in [-0.39, 0.29) is 23.2 Å². The van der Waals surface area contributed by atoms with Crippen LogP contribution in [-0.2, 0) is 9.47 Å². The highest BCUT2D eigenvalue weighted by molar-refractivity contribution is 5.95. The maximum absolute atomic E-state index is 14.2. The molecule has 3 atom stereocenters. The van der Waals surface area contributed by atoms with Crippen molar-refractivity contribution in [1.82, 2.24) is 9.13 Å². The van der Waals surface area contributed by atoms with E-state index in [0.29, 0.717) is 12.8 Å².